The van der Waals surface area contributed by atoms with E-state index in [1.807, 2.05) is 0 Å². The van der Waals surface area contributed by atoms with Crippen LogP contribution < -0.4 is 10.6 Å². The Hall–Kier alpha value is -0.610. The molecule has 1 rings (SSSR count). The minimum atomic E-state index is -0.00822. The molecule has 0 aliphatic carbocycles. The van der Waals surface area contributed by atoms with Crippen molar-refractivity contribution in [2.24, 2.45) is 5.92 Å². The van der Waals surface area contributed by atoms with Crippen LogP contribution in [0.5, 0.6) is 0 Å². The summed E-state index contributed by atoms with van der Waals surface area (Å²) in [5.41, 5.74) is 0. The van der Waals surface area contributed by atoms with Crippen molar-refractivity contribution >= 4 is 5.91 Å². The van der Waals surface area contributed by atoms with E-state index >= 15 is 0 Å². The number of likely N-dealkylation sites (tertiary alicyclic amines) is 1. The van der Waals surface area contributed by atoms with E-state index in [1.54, 1.807) is 0 Å². The highest BCUT2D eigenvalue weighted by Gasteiger charge is 2.29. The summed E-state index contributed by atoms with van der Waals surface area (Å²) in [6.07, 6.45) is 4.76. The average Bonchev–Trinajstić information content (AvgIpc) is 2.44. The van der Waals surface area contributed by atoms with Gasteiger partial charge in [0.05, 0.1) is 6.04 Å². The maximum absolute atomic E-state index is 12.3. The molecule has 1 heterocycles. The smallest absolute Gasteiger partial charge is 0.237 e. The topological polar surface area (TPSA) is 44.4 Å². The molecule has 1 fully saturated rings. The fourth-order valence-electron chi connectivity index (χ4n) is 2.85. The van der Waals surface area contributed by atoms with Gasteiger partial charge in [0.1, 0.15) is 0 Å². The van der Waals surface area contributed by atoms with E-state index in [0.29, 0.717) is 12.0 Å². The van der Waals surface area contributed by atoms with E-state index in [4.69, 9.17) is 0 Å². The summed E-state index contributed by atoms with van der Waals surface area (Å²) in [6, 6.07) is 0.501. The number of carbonyl (C=O) groups is 1. The number of carbonyl (C=O) groups excluding carboxylic acids is 1. The molecule has 0 aromatic carbocycles. The largest absolute Gasteiger partial charge is 0.355 e. The summed E-state index contributed by atoms with van der Waals surface area (Å²) in [5.74, 6) is 0.830. The first kappa shape index (κ1) is 17.4. The van der Waals surface area contributed by atoms with E-state index < -0.39 is 0 Å². The molecule has 1 aliphatic rings. The zero-order valence-corrected chi connectivity index (χ0v) is 13.7. The number of rotatable bonds is 8. The molecular weight excluding hydrogens is 250 g/mol. The van der Waals surface area contributed by atoms with Crippen LogP contribution in [0.2, 0.25) is 0 Å². The van der Waals surface area contributed by atoms with Gasteiger partial charge in [0, 0.05) is 19.1 Å². The maximum atomic E-state index is 12.3. The van der Waals surface area contributed by atoms with E-state index in [-0.39, 0.29) is 11.9 Å². The third-order valence-electron chi connectivity index (χ3n) is 4.20. The van der Waals surface area contributed by atoms with Crippen molar-refractivity contribution < 1.29 is 4.79 Å². The normalized spacial score (nSPS) is 21.9. The monoisotopic (exact) mass is 283 g/mol. The second-order valence-electron chi connectivity index (χ2n) is 6.34. The van der Waals surface area contributed by atoms with Gasteiger partial charge in [-0.25, -0.2) is 0 Å². The van der Waals surface area contributed by atoms with Gasteiger partial charge in [-0.1, -0.05) is 27.2 Å². The second kappa shape index (κ2) is 9.35. The second-order valence-corrected chi connectivity index (χ2v) is 6.34. The number of piperidine rings is 1. The molecule has 0 bridgehead atoms. The lowest BCUT2D eigenvalue weighted by atomic mass is 9.99. The summed E-state index contributed by atoms with van der Waals surface area (Å²) in [5, 5.41) is 6.51. The van der Waals surface area contributed by atoms with Gasteiger partial charge in [-0.3, -0.25) is 9.69 Å². The van der Waals surface area contributed by atoms with Crippen molar-refractivity contribution in [3.8, 4) is 0 Å². The van der Waals surface area contributed by atoms with Crippen molar-refractivity contribution in [3.63, 3.8) is 0 Å². The number of nitrogens with one attached hydrogen (secondary N) is 2. The average molecular weight is 283 g/mol. The van der Waals surface area contributed by atoms with E-state index in [1.165, 1.54) is 19.3 Å². The van der Waals surface area contributed by atoms with Crippen molar-refractivity contribution in [1.82, 2.24) is 15.5 Å². The molecule has 0 radical (unpaired) electrons. The van der Waals surface area contributed by atoms with Crippen LogP contribution in [-0.4, -0.2) is 49.1 Å². The lowest BCUT2D eigenvalue weighted by molar-refractivity contribution is -0.127. The summed E-state index contributed by atoms with van der Waals surface area (Å²) >= 11 is 0. The number of nitrogens with zero attached hydrogens (tertiary/aromatic N) is 1. The van der Waals surface area contributed by atoms with Gasteiger partial charge in [0.25, 0.3) is 0 Å². The molecule has 1 amide bonds. The molecule has 2 N–H and O–H groups in total. The Morgan fingerprint density at radius 1 is 1.30 bits per heavy atom. The summed E-state index contributed by atoms with van der Waals surface area (Å²) < 4.78 is 0. The summed E-state index contributed by atoms with van der Waals surface area (Å²) in [6.45, 7) is 12.4. The molecule has 2 unspecified atom stereocenters. The van der Waals surface area contributed by atoms with Crippen LogP contribution >= 0.6 is 0 Å². The lowest BCUT2D eigenvalue weighted by Crippen LogP contribution is -2.54. The SMILES string of the molecule is CCNCC1CCCCN1C(C)C(=O)NCCC(C)C. The van der Waals surface area contributed by atoms with Gasteiger partial charge in [-0.05, 0) is 45.2 Å². The molecule has 0 saturated carbocycles. The Kier molecular flexibility index (Phi) is 8.15. The van der Waals surface area contributed by atoms with Crippen molar-refractivity contribution in [2.75, 3.05) is 26.2 Å². The molecule has 1 saturated heterocycles. The van der Waals surface area contributed by atoms with E-state index in [9.17, 15) is 4.79 Å². The third-order valence-corrected chi connectivity index (χ3v) is 4.20. The van der Waals surface area contributed by atoms with Gasteiger partial charge in [0.2, 0.25) is 5.91 Å². The molecule has 20 heavy (non-hydrogen) atoms. The van der Waals surface area contributed by atoms with Crippen LogP contribution in [0.3, 0.4) is 0 Å². The van der Waals surface area contributed by atoms with Crippen molar-refractivity contribution in [2.45, 2.75) is 65.5 Å². The molecule has 118 valence electrons. The molecule has 2 atom stereocenters. The van der Waals surface area contributed by atoms with Crippen LogP contribution in [-0.2, 0) is 4.79 Å². The zero-order valence-electron chi connectivity index (χ0n) is 13.7. The first-order chi connectivity index (χ1) is 9.56. The van der Waals surface area contributed by atoms with E-state index in [2.05, 4.69) is 43.2 Å². The number of hydrogen-bond donors (Lipinski definition) is 2. The van der Waals surface area contributed by atoms with Gasteiger partial charge in [-0.15, -0.1) is 0 Å². The highest BCUT2D eigenvalue weighted by molar-refractivity contribution is 5.81. The van der Waals surface area contributed by atoms with Crippen LogP contribution in [0.15, 0.2) is 0 Å². The Morgan fingerprint density at radius 2 is 2.05 bits per heavy atom. The molecule has 0 spiro atoms. The van der Waals surface area contributed by atoms with Crippen LogP contribution in [0.25, 0.3) is 0 Å². The Balaban J connectivity index is 2.44. The first-order valence-electron chi connectivity index (χ1n) is 8.30. The number of amides is 1. The number of hydrogen-bond acceptors (Lipinski definition) is 3. The summed E-state index contributed by atoms with van der Waals surface area (Å²) in [7, 11) is 0. The molecule has 4 heteroatoms. The predicted octanol–water partition coefficient (Wildman–Crippen LogP) is 2.00. The van der Waals surface area contributed by atoms with Crippen molar-refractivity contribution in [1.29, 1.82) is 0 Å². The molecule has 4 nitrogen and oxygen atoms in total. The molecule has 0 aromatic rings. The fraction of sp³-hybridized carbons (Fsp3) is 0.938. The van der Waals surface area contributed by atoms with Gasteiger partial charge in [0.15, 0.2) is 0 Å². The Morgan fingerprint density at radius 3 is 2.70 bits per heavy atom. The van der Waals surface area contributed by atoms with E-state index in [0.717, 1.165) is 32.6 Å². The Labute approximate surface area is 124 Å². The predicted molar refractivity (Wildman–Crippen MR) is 84.8 cm³/mol. The number of likely N-dealkylation sites (N-methyl/N-ethyl adjacent to an activating group) is 1. The summed E-state index contributed by atoms with van der Waals surface area (Å²) in [4.78, 5) is 14.7. The van der Waals surface area contributed by atoms with Gasteiger partial charge >= 0.3 is 0 Å². The minimum Gasteiger partial charge on any atom is -0.355 e. The fourth-order valence-corrected chi connectivity index (χ4v) is 2.85. The van der Waals surface area contributed by atoms with Crippen LogP contribution in [0.4, 0.5) is 0 Å². The zero-order chi connectivity index (χ0) is 15.0. The molecule has 1 aliphatic heterocycles. The lowest BCUT2D eigenvalue weighted by Gasteiger charge is -2.39. The van der Waals surface area contributed by atoms with Crippen LogP contribution in [0, 0.1) is 5.92 Å². The van der Waals surface area contributed by atoms with Crippen LogP contribution in [0.1, 0.15) is 53.4 Å². The quantitative estimate of drug-likeness (QED) is 0.716. The van der Waals surface area contributed by atoms with Gasteiger partial charge in [-0.2, -0.15) is 0 Å². The highest BCUT2D eigenvalue weighted by Crippen LogP contribution is 2.19. The maximum Gasteiger partial charge on any atom is 0.237 e. The first-order valence-corrected chi connectivity index (χ1v) is 8.30. The molecule has 0 aromatic heterocycles. The van der Waals surface area contributed by atoms with Gasteiger partial charge < -0.3 is 10.6 Å². The molecular formula is C16H33N3O. The third kappa shape index (κ3) is 5.80. The Bertz CT molecular complexity index is 281. The standard InChI is InChI=1S/C16H33N3O/c1-5-17-12-15-8-6-7-11-19(15)14(4)16(20)18-10-9-13(2)3/h13-15,17H,5-12H2,1-4H3,(H,18,20). The van der Waals surface area contributed by atoms with Crippen molar-refractivity contribution in [3.05, 3.63) is 0 Å². The highest BCUT2D eigenvalue weighted by atomic mass is 16.2. The minimum absolute atomic E-state index is 0.00822.